The third-order valence-corrected chi connectivity index (χ3v) is 7.23. The minimum Gasteiger partial charge on any atom is -0.368 e. The predicted octanol–water partition coefficient (Wildman–Crippen LogP) is 2.56. The van der Waals surface area contributed by atoms with E-state index < -0.39 is 17.2 Å². The van der Waals surface area contributed by atoms with Gasteiger partial charge in [-0.1, -0.05) is 49.0 Å². The highest BCUT2D eigenvalue weighted by Gasteiger charge is 2.29. The van der Waals surface area contributed by atoms with Crippen molar-refractivity contribution in [2.75, 3.05) is 18.0 Å². The maximum absolute atomic E-state index is 12.3. The molecule has 3 rings (SSSR count). The van der Waals surface area contributed by atoms with Crippen LogP contribution in [0.3, 0.4) is 0 Å². The number of halogens is 1. The molecule has 2 aromatic rings. The number of hydrogen-bond acceptors (Lipinski definition) is 8. The number of carbonyl (C=O) groups is 2. The number of nitrogens with zero attached hydrogens (tertiary/aromatic N) is 4. The summed E-state index contributed by atoms with van der Waals surface area (Å²) in [6.45, 7) is 4.67. The quantitative estimate of drug-likeness (QED) is 0.441. The summed E-state index contributed by atoms with van der Waals surface area (Å²) in [5, 5.41) is 22.5. The molecule has 2 atom stereocenters. The molecule has 1 unspecified atom stereocenters. The van der Waals surface area contributed by atoms with Crippen LogP contribution in [0, 0.1) is 22.7 Å². The van der Waals surface area contributed by atoms with Crippen molar-refractivity contribution in [1.29, 1.82) is 10.5 Å². The number of piperidine rings is 1. The molecule has 2 heterocycles. The summed E-state index contributed by atoms with van der Waals surface area (Å²) in [7, 11) is 0. The Bertz CT molecular complexity index is 1170. The van der Waals surface area contributed by atoms with E-state index in [2.05, 4.69) is 17.5 Å². The number of carbonyl (C=O) groups excluding carboxylic acids is 2. The second kappa shape index (κ2) is 13.1. The standard InChI is InChI=1S/C25H29N7O2S.ClH/c1-3-18-19(13-26)23(32-11-9-17(10-12-32)30-24(34)15(2)28)31-25(20(18)14-27)35-21(22(29)33)16-7-5-4-6-8-16;/h4-8,15,17,21H,3,9-12,28H2,1-2H3,(H2,29,33)(H,30,34);1H/t15-,21?;/m1./s1. The highest BCUT2D eigenvalue weighted by molar-refractivity contribution is 8.00. The maximum atomic E-state index is 12.3. The number of amides is 2. The van der Waals surface area contributed by atoms with E-state index in [1.54, 1.807) is 19.1 Å². The van der Waals surface area contributed by atoms with Crippen LogP contribution in [0.5, 0.6) is 0 Å². The molecule has 9 nitrogen and oxygen atoms in total. The molecule has 0 bridgehead atoms. The molecule has 5 N–H and O–H groups in total. The van der Waals surface area contributed by atoms with Crippen LogP contribution in [0.1, 0.15) is 54.2 Å². The Kier molecular flexibility index (Phi) is 10.5. The van der Waals surface area contributed by atoms with E-state index in [0.717, 1.165) is 11.8 Å². The van der Waals surface area contributed by atoms with Gasteiger partial charge in [-0.3, -0.25) is 9.59 Å². The molecule has 1 aliphatic heterocycles. The fourth-order valence-electron chi connectivity index (χ4n) is 4.10. The summed E-state index contributed by atoms with van der Waals surface area (Å²) < 4.78 is 0. The van der Waals surface area contributed by atoms with Gasteiger partial charge in [0.25, 0.3) is 0 Å². The number of nitrogens with one attached hydrogen (secondary N) is 1. The molecule has 1 aliphatic rings. The van der Waals surface area contributed by atoms with Crippen LogP contribution in [-0.4, -0.2) is 42.0 Å². The van der Waals surface area contributed by atoms with E-state index >= 15 is 0 Å². The SMILES string of the molecule is CCc1c(C#N)c(SC(C(N)=O)c2ccccc2)nc(N2CCC(NC(=O)[C@@H](C)N)CC2)c1C#N.Cl. The Morgan fingerprint density at radius 2 is 1.81 bits per heavy atom. The first-order chi connectivity index (χ1) is 16.8. The molecule has 2 amide bonds. The number of nitriles is 2. The summed E-state index contributed by atoms with van der Waals surface area (Å²) in [6, 6.07) is 12.9. The first kappa shape index (κ1) is 28.9. The summed E-state index contributed by atoms with van der Waals surface area (Å²) in [5.41, 5.74) is 13.3. The van der Waals surface area contributed by atoms with E-state index in [0.29, 0.717) is 65.4 Å². The number of pyridine rings is 1. The maximum Gasteiger partial charge on any atom is 0.236 e. The van der Waals surface area contributed by atoms with Crippen molar-refractivity contribution < 1.29 is 9.59 Å². The average molecular weight is 528 g/mol. The monoisotopic (exact) mass is 527 g/mol. The molecule has 190 valence electrons. The van der Waals surface area contributed by atoms with Gasteiger partial charge in [-0.15, -0.1) is 12.4 Å². The van der Waals surface area contributed by atoms with Gasteiger partial charge in [-0.25, -0.2) is 4.98 Å². The van der Waals surface area contributed by atoms with Crippen LogP contribution in [0.15, 0.2) is 35.4 Å². The Labute approximate surface area is 221 Å². The minimum atomic E-state index is -0.736. The Morgan fingerprint density at radius 1 is 1.19 bits per heavy atom. The minimum absolute atomic E-state index is 0. The molecule has 1 saturated heterocycles. The number of thioether (sulfide) groups is 1. The number of hydrogen-bond donors (Lipinski definition) is 3. The van der Waals surface area contributed by atoms with Crippen molar-refractivity contribution in [2.45, 2.75) is 55.5 Å². The second-order valence-corrected chi connectivity index (χ2v) is 9.51. The lowest BCUT2D eigenvalue weighted by molar-refractivity contribution is -0.122. The number of benzene rings is 1. The Hall–Kier alpha value is -3.31. The smallest absolute Gasteiger partial charge is 0.236 e. The molecule has 0 aliphatic carbocycles. The zero-order valence-electron chi connectivity index (χ0n) is 20.2. The summed E-state index contributed by atoms with van der Waals surface area (Å²) in [6.07, 6.45) is 1.80. The molecule has 36 heavy (non-hydrogen) atoms. The third-order valence-electron chi connectivity index (χ3n) is 5.97. The summed E-state index contributed by atoms with van der Waals surface area (Å²) >= 11 is 1.13. The molecular formula is C25H30ClN7O2S. The Balaban J connectivity index is 0.00000456. The van der Waals surface area contributed by atoms with E-state index in [1.165, 1.54) is 0 Å². The van der Waals surface area contributed by atoms with Crippen molar-refractivity contribution in [2.24, 2.45) is 11.5 Å². The first-order valence-corrected chi connectivity index (χ1v) is 12.4. The summed E-state index contributed by atoms with van der Waals surface area (Å²) in [5.74, 6) is -0.247. The van der Waals surface area contributed by atoms with Gasteiger partial charge < -0.3 is 21.7 Å². The van der Waals surface area contributed by atoms with Crippen molar-refractivity contribution in [1.82, 2.24) is 10.3 Å². The van der Waals surface area contributed by atoms with Crippen LogP contribution >= 0.6 is 24.2 Å². The molecule has 0 radical (unpaired) electrons. The van der Waals surface area contributed by atoms with E-state index in [9.17, 15) is 20.1 Å². The van der Waals surface area contributed by atoms with Gasteiger partial charge in [-0.05, 0) is 37.3 Å². The zero-order chi connectivity index (χ0) is 25.5. The number of aromatic nitrogens is 1. The van der Waals surface area contributed by atoms with Gasteiger partial charge in [0.15, 0.2) is 0 Å². The van der Waals surface area contributed by atoms with Gasteiger partial charge in [0, 0.05) is 19.1 Å². The average Bonchev–Trinajstić information content (AvgIpc) is 2.86. The van der Waals surface area contributed by atoms with Crippen LogP contribution in [0.25, 0.3) is 0 Å². The number of rotatable bonds is 8. The van der Waals surface area contributed by atoms with E-state index in [1.807, 2.05) is 30.0 Å². The van der Waals surface area contributed by atoms with Crippen molar-refractivity contribution >= 4 is 41.8 Å². The lowest BCUT2D eigenvalue weighted by Gasteiger charge is -2.34. The first-order valence-electron chi connectivity index (χ1n) is 11.5. The van der Waals surface area contributed by atoms with Crippen LogP contribution in [-0.2, 0) is 16.0 Å². The number of nitrogens with two attached hydrogens (primary N) is 2. The normalized spacial score (nSPS) is 15.1. The van der Waals surface area contributed by atoms with Crippen LogP contribution in [0.4, 0.5) is 5.82 Å². The molecule has 11 heteroatoms. The van der Waals surface area contributed by atoms with Crippen LogP contribution < -0.4 is 21.7 Å². The fourth-order valence-corrected chi connectivity index (χ4v) is 5.15. The van der Waals surface area contributed by atoms with Crippen molar-refractivity contribution in [3.05, 3.63) is 52.6 Å². The largest absolute Gasteiger partial charge is 0.368 e. The number of anilines is 1. The lowest BCUT2D eigenvalue weighted by Crippen LogP contribution is -2.49. The molecule has 0 saturated carbocycles. The Morgan fingerprint density at radius 3 is 2.31 bits per heavy atom. The molecule has 0 spiro atoms. The molecule has 1 fully saturated rings. The molecule has 1 aromatic carbocycles. The van der Waals surface area contributed by atoms with Crippen molar-refractivity contribution in [3.8, 4) is 12.1 Å². The van der Waals surface area contributed by atoms with Gasteiger partial charge in [-0.2, -0.15) is 10.5 Å². The van der Waals surface area contributed by atoms with Crippen molar-refractivity contribution in [3.63, 3.8) is 0 Å². The second-order valence-electron chi connectivity index (χ2n) is 8.42. The topological polar surface area (TPSA) is 162 Å². The fraction of sp³-hybridized carbons (Fsp3) is 0.400. The number of primary amides is 1. The van der Waals surface area contributed by atoms with Gasteiger partial charge in [0.2, 0.25) is 11.8 Å². The molecular weight excluding hydrogens is 498 g/mol. The van der Waals surface area contributed by atoms with Crippen LogP contribution in [0.2, 0.25) is 0 Å². The van der Waals surface area contributed by atoms with Gasteiger partial charge >= 0.3 is 0 Å². The summed E-state index contributed by atoms with van der Waals surface area (Å²) in [4.78, 5) is 31.0. The lowest BCUT2D eigenvalue weighted by atomic mass is 9.99. The van der Waals surface area contributed by atoms with E-state index in [-0.39, 0.29) is 24.4 Å². The van der Waals surface area contributed by atoms with Gasteiger partial charge in [0.1, 0.15) is 28.2 Å². The highest BCUT2D eigenvalue weighted by Crippen LogP contribution is 2.39. The van der Waals surface area contributed by atoms with Gasteiger partial charge in [0.05, 0.1) is 17.2 Å². The third kappa shape index (κ3) is 6.46. The predicted molar refractivity (Wildman–Crippen MR) is 142 cm³/mol. The zero-order valence-corrected chi connectivity index (χ0v) is 21.9. The van der Waals surface area contributed by atoms with E-state index in [4.69, 9.17) is 16.5 Å². The molecule has 1 aromatic heterocycles. The highest BCUT2D eigenvalue weighted by atomic mass is 35.5.